The number of ether oxygens (including phenoxy) is 2. The van der Waals surface area contributed by atoms with Crippen LogP contribution in [0, 0.1) is 5.82 Å². The number of anilines is 1. The van der Waals surface area contributed by atoms with E-state index in [0.717, 1.165) is 5.56 Å². The van der Waals surface area contributed by atoms with E-state index in [1.54, 1.807) is 18.2 Å². The van der Waals surface area contributed by atoms with Crippen molar-refractivity contribution in [2.75, 3.05) is 18.1 Å². The van der Waals surface area contributed by atoms with Gasteiger partial charge in [0.05, 0.1) is 15.6 Å². The molecule has 1 amide bonds. The van der Waals surface area contributed by atoms with Crippen LogP contribution in [0.15, 0.2) is 77.7 Å². The Morgan fingerprint density at radius 3 is 2.53 bits per heavy atom. The lowest BCUT2D eigenvalue weighted by atomic mass is 10.2. The highest BCUT2D eigenvalue weighted by atomic mass is 35.5. The van der Waals surface area contributed by atoms with Crippen molar-refractivity contribution in [3.05, 3.63) is 94.1 Å². The van der Waals surface area contributed by atoms with Crippen molar-refractivity contribution < 1.29 is 18.7 Å². The molecule has 32 heavy (non-hydrogen) atoms. The molecule has 0 aliphatic carbocycles. The van der Waals surface area contributed by atoms with E-state index in [1.165, 1.54) is 40.9 Å². The van der Waals surface area contributed by atoms with Gasteiger partial charge in [-0.15, -0.1) is 0 Å². The molecule has 0 atom stereocenters. The van der Waals surface area contributed by atoms with E-state index in [9.17, 15) is 9.18 Å². The molecule has 8 heteroatoms. The number of hydrogen-bond acceptors (Lipinski definition) is 5. The van der Waals surface area contributed by atoms with Crippen LogP contribution in [0.1, 0.15) is 5.56 Å². The smallest absolute Gasteiger partial charge is 0.270 e. The summed E-state index contributed by atoms with van der Waals surface area (Å²) in [7, 11) is 0. The number of thioether (sulfide) groups is 1. The quantitative estimate of drug-likeness (QED) is 0.222. The van der Waals surface area contributed by atoms with Crippen LogP contribution in [0.25, 0.3) is 6.08 Å². The molecule has 0 spiro atoms. The van der Waals surface area contributed by atoms with Crippen molar-refractivity contribution in [1.82, 2.24) is 0 Å². The summed E-state index contributed by atoms with van der Waals surface area (Å²) < 4.78 is 25.0. The first kappa shape index (κ1) is 22.3. The number of thiocarbonyl (C=S) groups is 1. The molecule has 0 unspecified atom stereocenters. The highest BCUT2D eigenvalue weighted by molar-refractivity contribution is 8.27. The Labute approximate surface area is 199 Å². The molecule has 1 aliphatic rings. The number of halogens is 2. The average Bonchev–Trinajstić information content (AvgIpc) is 3.06. The Morgan fingerprint density at radius 1 is 1.00 bits per heavy atom. The summed E-state index contributed by atoms with van der Waals surface area (Å²) in [6.07, 6.45) is 1.76. The van der Waals surface area contributed by atoms with Crippen LogP contribution in [0.4, 0.5) is 10.1 Å². The third kappa shape index (κ3) is 5.30. The molecule has 1 heterocycles. The number of para-hydroxylation sites is 1. The fourth-order valence-corrected chi connectivity index (χ4v) is 4.49. The molecular weight excluding hydrogens is 469 g/mol. The Hall–Kier alpha value is -2.87. The first-order valence-corrected chi connectivity index (χ1v) is 11.3. The van der Waals surface area contributed by atoms with Gasteiger partial charge in [-0.05, 0) is 60.2 Å². The summed E-state index contributed by atoms with van der Waals surface area (Å²) in [4.78, 5) is 14.7. The van der Waals surface area contributed by atoms with Crippen LogP contribution < -0.4 is 14.4 Å². The van der Waals surface area contributed by atoms with Crippen molar-refractivity contribution in [1.29, 1.82) is 0 Å². The van der Waals surface area contributed by atoms with E-state index in [4.69, 9.17) is 33.3 Å². The lowest BCUT2D eigenvalue weighted by Gasteiger charge is -2.14. The molecule has 0 radical (unpaired) electrons. The van der Waals surface area contributed by atoms with Crippen molar-refractivity contribution in [3.8, 4) is 11.5 Å². The minimum Gasteiger partial charge on any atom is -0.490 e. The monoisotopic (exact) mass is 485 g/mol. The van der Waals surface area contributed by atoms with E-state index in [-0.39, 0.29) is 11.7 Å². The molecule has 4 nitrogen and oxygen atoms in total. The summed E-state index contributed by atoms with van der Waals surface area (Å²) >= 11 is 12.6. The van der Waals surface area contributed by atoms with Gasteiger partial charge in [0.25, 0.3) is 5.91 Å². The second kappa shape index (κ2) is 10.2. The van der Waals surface area contributed by atoms with Crippen molar-refractivity contribution >= 4 is 57.6 Å². The highest BCUT2D eigenvalue weighted by Gasteiger charge is 2.33. The van der Waals surface area contributed by atoms with Gasteiger partial charge in [-0.2, -0.15) is 0 Å². The molecule has 3 aromatic carbocycles. The van der Waals surface area contributed by atoms with E-state index < -0.39 is 0 Å². The minimum atomic E-state index is -0.371. The topological polar surface area (TPSA) is 38.8 Å². The Morgan fingerprint density at radius 2 is 1.75 bits per heavy atom. The second-order valence-corrected chi connectivity index (χ2v) is 8.78. The second-order valence-electron chi connectivity index (χ2n) is 6.69. The van der Waals surface area contributed by atoms with Crippen LogP contribution in [0.3, 0.4) is 0 Å². The summed E-state index contributed by atoms with van der Waals surface area (Å²) in [6, 6.07) is 20.3. The van der Waals surface area contributed by atoms with E-state index >= 15 is 0 Å². The van der Waals surface area contributed by atoms with Gasteiger partial charge in [-0.3, -0.25) is 9.69 Å². The van der Waals surface area contributed by atoms with Gasteiger partial charge in [0.2, 0.25) is 0 Å². The first-order chi connectivity index (χ1) is 15.5. The van der Waals surface area contributed by atoms with Gasteiger partial charge >= 0.3 is 0 Å². The molecule has 0 saturated carbocycles. The maximum absolute atomic E-state index is 13.2. The Balaban J connectivity index is 1.39. The fraction of sp³-hybridized carbons (Fsp3) is 0.0833. The van der Waals surface area contributed by atoms with Crippen LogP contribution in [0.5, 0.6) is 11.5 Å². The molecule has 1 fully saturated rings. The van der Waals surface area contributed by atoms with Crippen LogP contribution in [-0.4, -0.2) is 23.4 Å². The molecule has 0 aromatic heterocycles. The molecule has 3 aromatic rings. The molecule has 1 saturated heterocycles. The average molecular weight is 486 g/mol. The van der Waals surface area contributed by atoms with Crippen LogP contribution in [0.2, 0.25) is 5.02 Å². The molecule has 1 aliphatic heterocycles. The SMILES string of the molecule is O=C1/C(=C/c2cccc(OCCOc3ccccc3Cl)c2)SC(=S)N1c1ccc(F)cc1. The van der Waals surface area contributed by atoms with Gasteiger partial charge in [-0.25, -0.2) is 4.39 Å². The summed E-state index contributed by atoms with van der Waals surface area (Å²) in [6.45, 7) is 0.672. The van der Waals surface area contributed by atoms with Gasteiger partial charge in [0.15, 0.2) is 4.32 Å². The molecule has 0 bridgehead atoms. The summed E-state index contributed by atoms with van der Waals surface area (Å²) in [5, 5.41) is 0.549. The maximum Gasteiger partial charge on any atom is 0.270 e. The third-order valence-corrected chi connectivity index (χ3v) is 6.10. The standard InChI is InChI=1S/C24H17ClFNO3S2/c25-20-6-1-2-7-21(20)30-13-12-29-19-5-3-4-16(14-19)15-22-23(28)27(24(31)32-22)18-10-8-17(26)9-11-18/h1-11,14-15H,12-13H2/b22-15-. The number of carbonyl (C=O) groups is 1. The Bertz CT molecular complexity index is 1180. The molecular formula is C24H17ClFNO3S2. The van der Waals surface area contributed by atoms with Crippen LogP contribution in [-0.2, 0) is 4.79 Å². The zero-order chi connectivity index (χ0) is 22.5. The number of hydrogen-bond donors (Lipinski definition) is 0. The van der Waals surface area contributed by atoms with E-state index in [0.29, 0.717) is 44.6 Å². The van der Waals surface area contributed by atoms with E-state index in [2.05, 4.69) is 0 Å². The molecule has 4 rings (SSSR count). The third-order valence-electron chi connectivity index (χ3n) is 4.48. The number of amides is 1. The number of carbonyl (C=O) groups excluding carboxylic acids is 1. The van der Waals surface area contributed by atoms with Crippen molar-refractivity contribution in [3.63, 3.8) is 0 Å². The zero-order valence-electron chi connectivity index (χ0n) is 16.7. The number of benzene rings is 3. The van der Waals surface area contributed by atoms with Gasteiger partial charge in [0, 0.05) is 0 Å². The van der Waals surface area contributed by atoms with Gasteiger partial charge in [-0.1, -0.05) is 59.8 Å². The van der Waals surface area contributed by atoms with Crippen molar-refractivity contribution in [2.24, 2.45) is 0 Å². The Kier molecular flexibility index (Phi) is 7.09. The predicted octanol–water partition coefficient (Wildman–Crippen LogP) is 6.34. The molecule has 0 N–H and O–H groups in total. The minimum absolute atomic E-state index is 0.244. The fourth-order valence-electron chi connectivity index (χ4n) is 3.00. The first-order valence-electron chi connectivity index (χ1n) is 9.65. The van der Waals surface area contributed by atoms with Gasteiger partial charge in [0.1, 0.15) is 30.5 Å². The summed E-state index contributed by atoms with van der Waals surface area (Å²) in [5.41, 5.74) is 1.34. The predicted molar refractivity (Wildman–Crippen MR) is 131 cm³/mol. The highest BCUT2D eigenvalue weighted by Crippen LogP contribution is 2.36. The van der Waals surface area contributed by atoms with Crippen molar-refractivity contribution in [2.45, 2.75) is 0 Å². The lowest BCUT2D eigenvalue weighted by molar-refractivity contribution is -0.113. The maximum atomic E-state index is 13.2. The van der Waals surface area contributed by atoms with Gasteiger partial charge < -0.3 is 9.47 Å². The number of nitrogens with zero attached hydrogens (tertiary/aromatic N) is 1. The largest absolute Gasteiger partial charge is 0.490 e. The summed E-state index contributed by atoms with van der Waals surface area (Å²) in [5.74, 6) is 0.639. The lowest BCUT2D eigenvalue weighted by Crippen LogP contribution is -2.27. The molecule has 162 valence electrons. The number of rotatable bonds is 7. The van der Waals surface area contributed by atoms with E-state index in [1.807, 2.05) is 36.4 Å². The van der Waals surface area contributed by atoms with Crippen LogP contribution >= 0.6 is 35.6 Å². The normalized spacial score (nSPS) is 14.8. The zero-order valence-corrected chi connectivity index (χ0v) is 19.1.